The Hall–Kier alpha value is -1.98. The number of aryl methyl sites for hydroxylation is 1. The maximum atomic E-state index is 14.6. The van der Waals surface area contributed by atoms with E-state index in [-0.39, 0.29) is 11.3 Å². The van der Waals surface area contributed by atoms with E-state index in [0.717, 1.165) is 38.1 Å². The van der Waals surface area contributed by atoms with Crippen LogP contribution in [0.3, 0.4) is 0 Å². The molecule has 0 radical (unpaired) electrons. The first-order valence-corrected chi connectivity index (χ1v) is 13.4. The summed E-state index contributed by atoms with van der Waals surface area (Å²) in [5.41, 5.74) is 0.630. The fraction of sp³-hybridized carbons (Fsp3) is 0.550. The Bertz CT molecular complexity index is 1030. The van der Waals surface area contributed by atoms with Crippen LogP contribution in [0.25, 0.3) is 11.4 Å². The Labute approximate surface area is 186 Å². The number of amides is 1. The molecule has 0 spiro atoms. The number of halogens is 1. The highest BCUT2D eigenvalue weighted by Gasteiger charge is 2.24. The van der Waals surface area contributed by atoms with Gasteiger partial charge in [0.1, 0.15) is 17.7 Å². The number of nitrogens with one attached hydrogen (secondary N) is 2. The van der Waals surface area contributed by atoms with Gasteiger partial charge in [0.05, 0.1) is 11.3 Å². The topological polar surface area (TPSA) is 106 Å². The normalized spacial score (nSPS) is 15.2. The van der Waals surface area contributed by atoms with Crippen LogP contribution in [0.15, 0.2) is 18.2 Å². The molecule has 1 atom stereocenters. The number of carbonyl (C=O) groups excluding carboxylic acids is 1. The summed E-state index contributed by atoms with van der Waals surface area (Å²) in [6.07, 6.45) is 6.13. The van der Waals surface area contributed by atoms with E-state index >= 15 is 0 Å². The van der Waals surface area contributed by atoms with E-state index < -0.39 is 27.8 Å². The van der Waals surface area contributed by atoms with Crippen LogP contribution in [0.2, 0.25) is 0 Å². The molecule has 2 N–H and O–H groups in total. The zero-order valence-electron chi connectivity index (χ0n) is 17.7. The van der Waals surface area contributed by atoms with Gasteiger partial charge in [0, 0.05) is 18.7 Å². The van der Waals surface area contributed by atoms with Crippen molar-refractivity contribution in [1.29, 1.82) is 0 Å². The Morgan fingerprint density at radius 1 is 1.29 bits per heavy atom. The minimum absolute atomic E-state index is 0.116. The van der Waals surface area contributed by atoms with Gasteiger partial charge in [0.15, 0.2) is 5.82 Å². The predicted molar refractivity (Wildman–Crippen MR) is 121 cm³/mol. The first kappa shape index (κ1) is 23.7. The molecule has 0 aliphatic carbocycles. The number of rotatable bonds is 9. The average Bonchev–Trinajstić information content (AvgIpc) is 2.99. The van der Waals surface area contributed by atoms with E-state index in [1.165, 1.54) is 36.9 Å². The SMILES string of the molecule is CCS(=O)(=O)NC(CCSC)C(=O)Nc1ccc(F)c(-c2nnc3n2CCCCC3)c1. The van der Waals surface area contributed by atoms with Crippen LogP contribution in [0.1, 0.15) is 38.4 Å². The Balaban J connectivity index is 1.84. The average molecular weight is 470 g/mol. The van der Waals surface area contributed by atoms with E-state index in [4.69, 9.17) is 0 Å². The molecule has 8 nitrogen and oxygen atoms in total. The van der Waals surface area contributed by atoms with Crippen molar-refractivity contribution in [3.63, 3.8) is 0 Å². The van der Waals surface area contributed by atoms with E-state index in [2.05, 4.69) is 20.2 Å². The van der Waals surface area contributed by atoms with Gasteiger partial charge < -0.3 is 9.88 Å². The van der Waals surface area contributed by atoms with Gasteiger partial charge in [-0.15, -0.1) is 10.2 Å². The summed E-state index contributed by atoms with van der Waals surface area (Å²) < 4.78 is 43.0. The zero-order chi connectivity index (χ0) is 22.4. The van der Waals surface area contributed by atoms with Crippen molar-refractivity contribution >= 4 is 33.4 Å². The van der Waals surface area contributed by atoms with Gasteiger partial charge in [0.2, 0.25) is 15.9 Å². The van der Waals surface area contributed by atoms with Gasteiger partial charge in [-0.25, -0.2) is 17.5 Å². The molecule has 1 aromatic heterocycles. The highest BCUT2D eigenvalue weighted by Crippen LogP contribution is 2.27. The maximum Gasteiger partial charge on any atom is 0.242 e. The zero-order valence-corrected chi connectivity index (χ0v) is 19.4. The molecule has 1 aliphatic heterocycles. The number of thioether (sulfide) groups is 1. The second-order valence-electron chi connectivity index (χ2n) is 7.44. The highest BCUT2D eigenvalue weighted by atomic mass is 32.2. The molecule has 1 unspecified atom stereocenters. The number of benzene rings is 1. The number of nitrogens with zero attached hydrogens (tertiary/aromatic N) is 3. The summed E-state index contributed by atoms with van der Waals surface area (Å²) >= 11 is 1.52. The van der Waals surface area contributed by atoms with E-state index in [1.54, 1.807) is 0 Å². The summed E-state index contributed by atoms with van der Waals surface area (Å²) in [6, 6.07) is 3.34. The Kier molecular flexibility index (Phi) is 8.06. The van der Waals surface area contributed by atoms with Gasteiger partial charge in [0.25, 0.3) is 0 Å². The number of hydrogen-bond donors (Lipinski definition) is 2. The molecule has 1 amide bonds. The van der Waals surface area contributed by atoms with Gasteiger partial charge in [-0.2, -0.15) is 11.8 Å². The molecule has 0 saturated carbocycles. The minimum Gasteiger partial charge on any atom is -0.325 e. The van der Waals surface area contributed by atoms with E-state index in [1.807, 2.05) is 10.8 Å². The third-order valence-electron chi connectivity index (χ3n) is 5.21. The third-order valence-corrected chi connectivity index (χ3v) is 7.26. The predicted octanol–water partition coefficient (Wildman–Crippen LogP) is 2.81. The lowest BCUT2D eigenvalue weighted by Crippen LogP contribution is -2.44. The molecule has 0 saturated heterocycles. The van der Waals surface area contributed by atoms with Crippen molar-refractivity contribution in [2.24, 2.45) is 0 Å². The lowest BCUT2D eigenvalue weighted by molar-refractivity contribution is -0.117. The van der Waals surface area contributed by atoms with Crippen LogP contribution in [-0.2, 0) is 27.8 Å². The number of hydrogen-bond acceptors (Lipinski definition) is 6. The molecule has 0 bridgehead atoms. The lowest BCUT2D eigenvalue weighted by Gasteiger charge is -2.18. The molecule has 3 rings (SSSR count). The summed E-state index contributed by atoms with van der Waals surface area (Å²) in [6.45, 7) is 2.24. The molecule has 11 heteroatoms. The quantitative estimate of drug-likeness (QED) is 0.585. The van der Waals surface area contributed by atoms with E-state index in [0.29, 0.717) is 23.7 Å². The molecule has 0 fully saturated rings. The molecule has 1 aromatic carbocycles. The number of aromatic nitrogens is 3. The van der Waals surface area contributed by atoms with E-state index in [9.17, 15) is 17.6 Å². The van der Waals surface area contributed by atoms with Crippen molar-refractivity contribution in [3.8, 4) is 11.4 Å². The molecule has 31 heavy (non-hydrogen) atoms. The van der Waals surface area contributed by atoms with Crippen molar-refractivity contribution in [2.75, 3.05) is 23.1 Å². The van der Waals surface area contributed by atoms with Crippen molar-refractivity contribution in [2.45, 2.75) is 51.6 Å². The maximum absolute atomic E-state index is 14.6. The Morgan fingerprint density at radius 3 is 2.84 bits per heavy atom. The Morgan fingerprint density at radius 2 is 2.10 bits per heavy atom. The number of sulfonamides is 1. The van der Waals surface area contributed by atoms with Crippen LogP contribution < -0.4 is 10.0 Å². The second-order valence-corrected chi connectivity index (χ2v) is 10.5. The monoisotopic (exact) mass is 469 g/mol. The fourth-order valence-electron chi connectivity index (χ4n) is 3.47. The van der Waals surface area contributed by atoms with Crippen molar-refractivity contribution < 1.29 is 17.6 Å². The van der Waals surface area contributed by atoms with Crippen LogP contribution in [0.4, 0.5) is 10.1 Å². The molecule has 1 aliphatic rings. The lowest BCUT2D eigenvalue weighted by atomic mass is 10.1. The summed E-state index contributed by atoms with van der Waals surface area (Å²) in [5.74, 6) is 0.843. The first-order valence-electron chi connectivity index (χ1n) is 10.4. The molecule has 2 heterocycles. The van der Waals surface area contributed by atoms with Crippen molar-refractivity contribution in [3.05, 3.63) is 29.8 Å². The van der Waals surface area contributed by atoms with Gasteiger partial charge in [-0.05, 0) is 56.4 Å². The van der Waals surface area contributed by atoms with Gasteiger partial charge in [-0.3, -0.25) is 4.79 Å². The van der Waals surface area contributed by atoms with Crippen LogP contribution >= 0.6 is 11.8 Å². The van der Waals surface area contributed by atoms with Gasteiger partial charge in [-0.1, -0.05) is 6.42 Å². The summed E-state index contributed by atoms with van der Waals surface area (Å²) in [4.78, 5) is 12.8. The van der Waals surface area contributed by atoms with Crippen molar-refractivity contribution in [1.82, 2.24) is 19.5 Å². The van der Waals surface area contributed by atoms with Gasteiger partial charge >= 0.3 is 0 Å². The second kappa shape index (κ2) is 10.6. The van der Waals surface area contributed by atoms with Crippen LogP contribution in [0.5, 0.6) is 0 Å². The molecular formula is C20H28FN5O3S2. The van der Waals surface area contributed by atoms with Crippen LogP contribution in [-0.4, -0.2) is 52.9 Å². The van der Waals surface area contributed by atoms with Crippen LogP contribution in [0, 0.1) is 5.82 Å². The largest absolute Gasteiger partial charge is 0.325 e. The number of anilines is 1. The number of carbonyl (C=O) groups is 1. The number of fused-ring (bicyclic) bond motifs is 1. The fourth-order valence-corrected chi connectivity index (χ4v) is 4.76. The summed E-state index contributed by atoms with van der Waals surface area (Å²) in [7, 11) is -3.55. The molecule has 2 aromatic rings. The summed E-state index contributed by atoms with van der Waals surface area (Å²) in [5, 5.41) is 11.1. The highest BCUT2D eigenvalue weighted by molar-refractivity contribution is 7.98. The first-order chi connectivity index (χ1) is 14.8. The minimum atomic E-state index is -3.55. The standard InChI is InChI=1S/C20H28FN5O3S2/c1-3-31(28,29)25-17(10-12-30-2)20(27)22-14-8-9-16(21)15(13-14)19-24-23-18-7-5-4-6-11-26(18)19/h8-9,13,17,25H,3-7,10-12H2,1-2H3,(H,22,27). The molecular weight excluding hydrogens is 441 g/mol. The molecule has 170 valence electrons. The third kappa shape index (κ3) is 6.05. The smallest absolute Gasteiger partial charge is 0.242 e.